The van der Waals surface area contributed by atoms with E-state index in [1.807, 2.05) is 20.8 Å². The molecule has 0 atom stereocenters. The lowest BCUT2D eigenvalue weighted by molar-refractivity contribution is -0.156. The number of piperidine rings is 1. The fraction of sp³-hybridized carbons (Fsp3) is 0.882. The van der Waals surface area contributed by atoms with Crippen LogP contribution in [0, 0.1) is 11.3 Å². The van der Waals surface area contributed by atoms with Gasteiger partial charge in [-0.05, 0) is 65.5 Å². The Morgan fingerprint density at radius 3 is 2.30 bits per heavy atom. The van der Waals surface area contributed by atoms with Crippen molar-refractivity contribution in [3.63, 3.8) is 0 Å². The molecule has 0 spiro atoms. The van der Waals surface area contributed by atoms with Gasteiger partial charge in [0.25, 0.3) is 0 Å². The van der Waals surface area contributed by atoms with Crippen molar-refractivity contribution in [2.45, 2.75) is 58.5 Å². The van der Waals surface area contributed by atoms with Crippen molar-refractivity contribution in [1.29, 1.82) is 0 Å². The minimum absolute atomic E-state index is 0.362. The maximum atomic E-state index is 11.7. The van der Waals surface area contributed by atoms with Gasteiger partial charge < -0.3 is 20.1 Å². The third kappa shape index (κ3) is 5.09. The molecule has 6 nitrogen and oxygen atoms in total. The molecule has 1 aliphatic heterocycles. The molecule has 1 heterocycles. The number of amides is 1. The summed E-state index contributed by atoms with van der Waals surface area (Å²) < 4.78 is 5.24. The standard InChI is InChI=1S/C17H30N2O4/c1-16(2,3)23-15(22)18-11-13-5-9-19(10-6-13)12-17(14(20)21)7-4-8-17/h13H,4-12H2,1-3H3,(H,18,22)(H,20,21). The van der Waals surface area contributed by atoms with Gasteiger partial charge in [0, 0.05) is 13.1 Å². The summed E-state index contributed by atoms with van der Waals surface area (Å²) in [6.45, 7) is 8.68. The highest BCUT2D eigenvalue weighted by Gasteiger charge is 2.45. The Labute approximate surface area is 138 Å². The lowest BCUT2D eigenvalue weighted by atomic mass is 9.68. The van der Waals surface area contributed by atoms with Crippen LogP contribution in [-0.4, -0.2) is 53.8 Å². The molecule has 0 unspecified atom stereocenters. The number of aliphatic carboxylic acids is 1. The van der Waals surface area contributed by atoms with Crippen LogP contribution < -0.4 is 5.32 Å². The van der Waals surface area contributed by atoms with E-state index in [1.54, 1.807) is 0 Å². The predicted octanol–water partition coefficient (Wildman–Crippen LogP) is 2.48. The third-order valence-corrected chi connectivity index (χ3v) is 4.93. The Balaban J connectivity index is 1.68. The van der Waals surface area contributed by atoms with Gasteiger partial charge in [0.2, 0.25) is 0 Å². The highest BCUT2D eigenvalue weighted by molar-refractivity contribution is 5.76. The molecule has 132 valence electrons. The maximum Gasteiger partial charge on any atom is 0.407 e. The largest absolute Gasteiger partial charge is 0.481 e. The zero-order valence-electron chi connectivity index (χ0n) is 14.6. The molecule has 6 heteroatoms. The number of nitrogens with one attached hydrogen (secondary N) is 1. The number of alkyl carbamates (subject to hydrolysis) is 1. The summed E-state index contributed by atoms with van der Waals surface area (Å²) in [4.78, 5) is 25.4. The second kappa shape index (κ2) is 7.07. The Hall–Kier alpha value is -1.30. The van der Waals surface area contributed by atoms with E-state index >= 15 is 0 Å². The number of carboxylic acids is 1. The van der Waals surface area contributed by atoms with Gasteiger partial charge in [0.1, 0.15) is 5.60 Å². The Morgan fingerprint density at radius 1 is 1.26 bits per heavy atom. The summed E-state index contributed by atoms with van der Waals surface area (Å²) >= 11 is 0. The van der Waals surface area contributed by atoms with Gasteiger partial charge >= 0.3 is 12.1 Å². The molecule has 0 aromatic rings. The summed E-state index contributed by atoms with van der Waals surface area (Å²) in [5.41, 5.74) is -0.969. The molecule has 23 heavy (non-hydrogen) atoms. The van der Waals surface area contributed by atoms with Crippen LogP contribution in [0.2, 0.25) is 0 Å². The number of rotatable bonds is 5. The number of carboxylic acid groups (broad SMARTS) is 1. The fourth-order valence-electron chi connectivity index (χ4n) is 3.36. The van der Waals surface area contributed by atoms with Crippen LogP contribution >= 0.6 is 0 Å². The molecule has 1 saturated heterocycles. The third-order valence-electron chi connectivity index (χ3n) is 4.93. The molecule has 0 aromatic heterocycles. The average Bonchev–Trinajstić information content (AvgIpc) is 2.39. The van der Waals surface area contributed by atoms with Gasteiger partial charge in [-0.1, -0.05) is 6.42 Å². The van der Waals surface area contributed by atoms with E-state index in [0.717, 1.165) is 45.2 Å². The quantitative estimate of drug-likeness (QED) is 0.811. The second-order valence-corrected chi connectivity index (χ2v) is 8.04. The first-order valence-electron chi connectivity index (χ1n) is 8.63. The zero-order chi connectivity index (χ0) is 17.1. The first-order valence-corrected chi connectivity index (χ1v) is 8.63. The summed E-state index contributed by atoms with van der Waals surface area (Å²) in [5.74, 6) is -0.196. The van der Waals surface area contributed by atoms with Gasteiger partial charge in [0.05, 0.1) is 5.41 Å². The summed E-state index contributed by atoms with van der Waals surface area (Å²) in [5, 5.41) is 12.3. The summed E-state index contributed by atoms with van der Waals surface area (Å²) in [6.07, 6.45) is 4.27. The number of nitrogens with zero attached hydrogens (tertiary/aromatic N) is 1. The molecular weight excluding hydrogens is 296 g/mol. The number of hydrogen-bond acceptors (Lipinski definition) is 4. The molecule has 2 aliphatic rings. The van der Waals surface area contributed by atoms with Crippen LogP contribution in [0.1, 0.15) is 52.9 Å². The van der Waals surface area contributed by atoms with Crippen LogP contribution in [0.3, 0.4) is 0 Å². The second-order valence-electron chi connectivity index (χ2n) is 8.04. The SMILES string of the molecule is CC(C)(C)OC(=O)NCC1CCN(CC2(C(=O)O)CCC2)CC1. The average molecular weight is 326 g/mol. The van der Waals surface area contributed by atoms with E-state index in [1.165, 1.54) is 0 Å². The molecule has 1 saturated carbocycles. The Kier molecular flexibility index (Phi) is 5.55. The number of carbonyl (C=O) groups excluding carboxylic acids is 1. The maximum absolute atomic E-state index is 11.7. The predicted molar refractivity (Wildman–Crippen MR) is 87.3 cm³/mol. The highest BCUT2D eigenvalue weighted by Crippen LogP contribution is 2.42. The van der Waals surface area contributed by atoms with Crippen LogP contribution in [0.15, 0.2) is 0 Å². The zero-order valence-corrected chi connectivity index (χ0v) is 14.6. The smallest absolute Gasteiger partial charge is 0.407 e. The van der Waals surface area contributed by atoms with Crippen LogP contribution in [0.5, 0.6) is 0 Å². The minimum Gasteiger partial charge on any atom is -0.481 e. The Bertz CT molecular complexity index is 432. The van der Waals surface area contributed by atoms with Gasteiger partial charge in [-0.3, -0.25) is 4.79 Å². The summed E-state index contributed by atoms with van der Waals surface area (Å²) in [7, 11) is 0. The molecule has 0 radical (unpaired) electrons. The molecule has 0 aromatic carbocycles. The molecule has 2 N–H and O–H groups in total. The Morgan fingerprint density at radius 2 is 1.87 bits per heavy atom. The monoisotopic (exact) mass is 326 g/mol. The van der Waals surface area contributed by atoms with Crippen molar-refractivity contribution in [3.8, 4) is 0 Å². The van der Waals surface area contributed by atoms with Crippen molar-refractivity contribution in [3.05, 3.63) is 0 Å². The van der Waals surface area contributed by atoms with Gasteiger partial charge in [-0.25, -0.2) is 4.79 Å². The van der Waals surface area contributed by atoms with Crippen LogP contribution in [0.4, 0.5) is 4.79 Å². The molecule has 2 fully saturated rings. The molecular formula is C17H30N2O4. The van der Waals surface area contributed by atoms with E-state index in [0.29, 0.717) is 19.0 Å². The number of likely N-dealkylation sites (tertiary alicyclic amines) is 1. The molecule has 1 aliphatic carbocycles. The van der Waals surface area contributed by atoms with Gasteiger partial charge in [0.15, 0.2) is 0 Å². The topological polar surface area (TPSA) is 78.9 Å². The summed E-state index contributed by atoms with van der Waals surface area (Å²) in [6, 6.07) is 0. The van der Waals surface area contributed by atoms with Crippen molar-refractivity contribution >= 4 is 12.1 Å². The van der Waals surface area contributed by atoms with Gasteiger partial charge in [-0.2, -0.15) is 0 Å². The number of hydrogen-bond donors (Lipinski definition) is 2. The fourth-order valence-corrected chi connectivity index (χ4v) is 3.36. The van der Waals surface area contributed by atoms with Crippen molar-refractivity contribution < 1.29 is 19.4 Å². The van der Waals surface area contributed by atoms with E-state index in [-0.39, 0.29) is 6.09 Å². The lowest BCUT2D eigenvalue weighted by Crippen LogP contribution is -2.50. The van der Waals surface area contributed by atoms with Crippen LogP contribution in [-0.2, 0) is 9.53 Å². The van der Waals surface area contributed by atoms with Crippen molar-refractivity contribution in [1.82, 2.24) is 10.2 Å². The first kappa shape index (κ1) is 18.0. The molecule has 2 rings (SSSR count). The first-order chi connectivity index (χ1) is 10.7. The molecule has 0 bridgehead atoms. The van der Waals surface area contributed by atoms with E-state index in [2.05, 4.69) is 10.2 Å². The van der Waals surface area contributed by atoms with Crippen molar-refractivity contribution in [2.24, 2.45) is 11.3 Å². The van der Waals surface area contributed by atoms with Crippen molar-refractivity contribution in [2.75, 3.05) is 26.2 Å². The van der Waals surface area contributed by atoms with E-state index < -0.39 is 17.0 Å². The number of carbonyl (C=O) groups is 2. The van der Waals surface area contributed by atoms with E-state index in [4.69, 9.17) is 4.74 Å². The number of ether oxygens (including phenoxy) is 1. The van der Waals surface area contributed by atoms with Gasteiger partial charge in [-0.15, -0.1) is 0 Å². The normalized spacial score (nSPS) is 22.2. The van der Waals surface area contributed by atoms with Crippen LogP contribution in [0.25, 0.3) is 0 Å². The highest BCUT2D eigenvalue weighted by atomic mass is 16.6. The minimum atomic E-state index is -0.641. The van der Waals surface area contributed by atoms with E-state index in [9.17, 15) is 14.7 Å². The molecule has 1 amide bonds. The lowest BCUT2D eigenvalue weighted by Gasteiger charge is -2.43.